The van der Waals surface area contributed by atoms with E-state index in [1.807, 2.05) is 0 Å². The Morgan fingerprint density at radius 1 is 1.09 bits per heavy atom. The Bertz CT molecular complexity index is 479. The Kier molecular flexibility index (Phi) is 9.03. The summed E-state index contributed by atoms with van der Waals surface area (Å²) < 4.78 is 0. The summed E-state index contributed by atoms with van der Waals surface area (Å²) >= 11 is 2.70. The van der Waals surface area contributed by atoms with Gasteiger partial charge in [0, 0.05) is 18.1 Å². The molecule has 0 bridgehead atoms. The van der Waals surface area contributed by atoms with E-state index in [9.17, 15) is 0 Å². The highest BCUT2D eigenvalue weighted by molar-refractivity contribution is 8.13. The second-order valence-electron chi connectivity index (χ2n) is 4.94. The van der Waals surface area contributed by atoms with Crippen LogP contribution >= 0.6 is 23.5 Å². The van der Waals surface area contributed by atoms with E-state index in [-0.39, 0.29) is 16.9 Å². The molecule has 22 heavy (non-hydrogen) atoms. The van der Waals surface area contributed by atoms with Crippen LogP contribution in [0.4, 0.5) is 0 Å². The van der Waals surface area contributed by atoms with E-state index >= 15 is 0 Å². The number of amidine groups is 2. The lowest BCUT2D eigenvalue weighted by molar-refractivity contribution is 0.281. The van der Waals surface area contributed by atoms with Gasteiger partial charge in [-0.05, 0) is 36.3 Å². The van der Waals surface area contributed by atoms with Crippen LogP contribution in [0.25, 0.3) is 0 Å². The summed E-state index contributed by atoms with van der Waals surface area (Å²) in [5.41, 5.74) is 13.2. The van der Waals surface area contributed by atoms with Crippen LogP contribution < -0.4 is 11.5 Å². The summed E-state index contributed by atoms with van der Waals surface area (Å²) in [7, 11) is 0. The summed E-state index contributed by atoms with van der Waals surface area (Å²) in [5.74, 6) is 1.86. The van der Waals surface area contributed by atoms with Crippen molar-refractivity contribution < 1.29 is 5.11 Å². The van der Waals surface area contributed by atoms with E-state index in [1.165, 1.54) is 34.7 Å². The van der Waals surface area contributed by atoms with E-state index in [0.717, 1.165) is 30.8 Å². The first-order chi connectivity index (χ1) is 10.5. The number of rotatable bonds is 9. The second-order valence-corrected chi connectivity index (χ2v) is 7.14. The SMILES string of the molecule is N=C(N)SCCc1ccc([C@@H](CCCO)CSC(=N)N)cc1. The van der Waals surface area contributed by atoms with Crippen molar-refractivity contribution in [1.82, 2.24) is 0 Å². The lowest BCUT2D eigenvalue weighted by Gasteiger charge is -2.16. The third-order valence-electron chi connectivity index (χ3n) is 3.25. The number of aliphatic hydroxyl groups excluding tert-OH is 1. The molecule has 0 heterocycles. The molecule has 0 fully saturated rings. The van der Waals surface area contributed by atoms with E-state index in [1.54, 1.807) is 0 Å². The van der Waals surface area contributed by atoms with Gasteiger partial charge in [0.25, 0.3) is 0 Å². The lowest BCUT2D eigenvalue weighted by Crippen LogP contribution is -2.10. The van der Waals surface area contributed by atoms with Crippen LogP contribution in [0.1, 0.15) is 29.9 Å². The molecule has 7 N–H and O–H groups in total. The fourth-order valence-electron chi connectivity index (χ4n) is 2.11. The standard InChI is InChI=1S/C15H24N4OS2/c16-14(17)21-9-7-11-3-5-12(6-4-11)13(2-1-8-20)10-22-15(18)19/h3-6,13,20H,1-2,7-10H2,(H3,16,17)(H3,18,19)/t13-/m0/s1. The minimum absolute atomic E-state index is 0.131. The number of aliphatic hydroxyl groups is 1. The van der Waals surface area contributed by atoms with Gasteiger partial charge in [-0.3, -0.25) is 10.8 Å². The first kappa shape index (κ1) is 18.9. The molecule has 0 saturated carbocycles. The van der Waals surface area contributed by atoms with Gasteiger partial charge in [-0.15, -0.1) is 0 Å². The molecular formula is C15H24N4OS2. The van der Waals surface area contributed by atoms with Crippen molar-refractivity contribution >= 4 is 33.9 Å². The molecule has 1 aromatic rings. The van der Waals surface area contributed by atoms with Crippen LogP contribution in [-0.2, 0) is 6.42 Å². The molecule has 0 aliphatic carbocycles. The van der Waals surface area contributed by atoms with Gasteiger partial charge in [-0.2, -0.15) is 0 Å². The molecule has 0 aromatic heterocycles. The zero-order valence-electron chi connectivity index (χ0n) is 12.5. The van der Waals surface area contributed by atoms with Crippen molar-refractivity contribution in [2.45, 2.75) is 25.2 Å². The van der Waals surface area contributed by atoms with Crippen LogP contribution in [-0.4, -0.2) is 33.6 Å². The summed E-state index contributed by atoms with van der Waals surface area (Å²) in [6, 6.07) is 8.41. The number of nitrogens with one attached hydrogen (secondary N) is 2. The fraction of sp³-hybridized carbons (Fsp3) is 0.467. The first-order valence-electron chi connectivity index (χ1n) is 7.16. The average molecular weight is 341 g/mol. The Labute approximate surface area is 140 Å². The molecule has 0 radical (unpaired) electrons. The van der Waals surface area contributed by atoms with Gasteiger partial charge in [0.05, 0.1) is 0 Å². The van der Waals surface area contributed by atoms with Crippen molar-refractivity contribution in [3.63, 3.8) is 0 Å². The summed E-state index contributed by atoms with van der Waals surface area (Å²) in [6.07, 6.45) is 2.52. The van der Waals surface area contributed by atoms with Crippen molar-refractivity contribution in [3.8, 4) is 0 Å². The van der Waals surface area contributed by atoms with Crippen molar-refractivity contribution in [1.29, 1.82) is 10.8 Å². The maximum Gasteiger partial charge on any atom is 0.151 e. The molecule has 1 aromatic carbocycles. The maximum absolute atomic E-state index is 9.02. The normalized spacial score (nSPS) is 12.0. The highest BCUT2D eigenvalue weighted by Crippen LogP contribution is 2.26. The molecule has 122 valence electrons. The minimum atomic E-state index is 0.131. The zero-order valence-corrected chi connectivity index (χ0v) is 14.2. The zero-order chi connectivity index (χ0) is 16.4. The molecule has 0 aliphatic heterocycles. The van der Waals surface area contributed by atoms with Crippen LogP contribution in [0.3, 0.4) is 0 Å². The van der Waals surface area contributed by atoms with Gasteiger partial charge in [-0.25, -0.2) is 0 Å². The Morgan fingerprint density at radius 3 is 2.27 bits per heavy atom. The Balaban J connectivity index is 2.61. The first-order valence-corrected chi connectivity index (χ1v) is 9.13. The van der Waals surface area contributed by atoms with E-state index < -0.39 is 0 Å². The minimum Gasteiger partial charge on any atom is -0.396 e. The molecule has 7 heteroatoms. The summed E-state index contributed by atoms with van der Waals surface area (Å²) in [5, 5.41) is 23.8. The number of thioether (sulfide) groups is 2. The molecule has 0 unspecified atom stereocenters. The summed E-state index contributed by atoms with van der Waals surface area (Å²) in [6.45, 7) is 0.182. The van der Waals surface area contributed by atoms with Gasteiger partial charge in [0.15, 0.2) is 10.3 Å². The number of nitrogens with two attached hydrogens (primary N) is 2. The molecule has 0 amide bonds. The highest BCUT2D eigenvalue weighted by Gasteiger charge is 2.12. The molecule has 5 nitrogen and oxygen atoms in total. The third-order valence-corrected chi connectivity index (χ3v) is 4.85. The van der Waals surface area contributed by atoms with Crippen molar-refractivity contribution in [2.24, 2.45) is 11.5 Å². The van der Waals surface area contributed by atoms with Crippen molar-refractivity contribution in [3.05, 3.63) is 35.4 Å². The molecule has 0 spiro atoms. The average Bonchev–Trinajstić information content (AvgIpc) is 2.48. The van der Waals surface area contributed by atoms with Crippen LogP contribution in [0.15, 0.2) is 24.3 Å². The Hall–Kier alpha value is -1.18. The predicted molar refractivity (Wildman–Crippen MR) is 98.0 cm³/mol. The number of hydrogen-bond donors (Lipinski definition) is 5. The largest absolute Gasteiger partial charge is 0.396 e. The second kappa shape index (κ2) is 10.5. The van der Waals surface area contributed by atoms with Gasteiger partial charge in [0.1, 0.15) is 0 Å². The van der Waals surface area contributed by atoms with E-state index in [2.05, 4.69) is 24.3 Å². The van der Waals surface area contributed by atoms with E-state index in [0.29, 0.717) is 5.92 Å². The number of aryl methyl sites for hydroxylation is 1. The van der Waals surface area contributed by atoms with Gasteiger partial charge < -0.3 is 16.6 Å². The van der Waals surface area contributed by atoms with Crippen LogP contribution in [0.5, 0.6) is 0 Å². The fourth-order valence-corrected chi connectivity index (χ4v) is 3.41. The number of hydrogen-bond acceptors (Lipinski definition) is 5. The summed E-state index contributed by atoms with van der Waals surface area (Å²) in [4.78, 5) is 0. The predicted octanol–water partition coefficient (Wildman–Crippen LogP) is 2.34. The van der Waals surface area contributed by atoms with Crippen molar-refractivity contribution in [2.75, 3.05) is 18.1 Å². The Morgan fingerprint density at radius 2 is 1.73 bits per heavy atom. The third kappa shape index (κ3) is 7.72. The smallest absolute Gasteiger partial charge is 0.151 e. The number of benzene rings is 1. The molecular weight excluding hydrogens is 316 g/mol. The van der Waals surface area contributed by atoms with Gasteiger partial charge in [0.2, 0.25) is 0 Å². The highest BCUT2D eigenvalue weighted by atomic mass is 32.2. The van der Waals surface area contributed by atoms with E-state index in [4.69, 9.17) is 27.4 Å². The molecule has 1 atom stereocenters. The van der Waals surface area contributed by atoms with Gasteiger partial charge in [-0.1, -0.05) is 47.8 Å². The molecule has 1 rings (SSSR count). The lowest BCUT2D eigenvalue weighted by atomic mass is 9.95. The topological polar surface area (TPSA) is 120 Å². The molecule has 0 aliphatic rings. The van der Waals surface area contributed by atoms with Gasteiger partial charge >= 0.3 is 0 Å². The quantitative estimate of drug-likeness (QED) is 0.349. The maximum atomic E-state index is 9.02. The molecule has 0 saturated heterocycles. The van der Waals surface area contributed by atoms with Crippen LogP contribution in [0, 0.1) is 10.8 Å². The van der Waals surface area contributed by atoms with Crippen LogP contribution in [0.2, 0.25) is 0 Å². The monoisotopic (exact) mass is 340 g/mol.